The first-order valence-electron chi connectivity index (χ1n) is 4.11. The van der Waals surface area contributed by atoms with Gasteiger partial charge in [-0.1, -0.05) is 0 Å². The van der Waals surface area contributed by atoms with Gasteiger partial charge in [0.25, 0.3) is 11.5 Å². The third-order valence-electron chi connectivity index (χ3n) is 1.78. The molecule has 1 aromatic rings. The van der Waals surface area contributed by atoms with Crippen LogP contribution in [0.25, 0.3) is 0 Å². The van der Waals surface area contributed by atoms with Gasteiger partial charge in [-0.3, -0.25) is 9.59 Å². The second-order valence-electron chi connectivity index (χ2n) is 2.70. The molecule has 0 saturated heterocycles. The summed E-state index contributed by atoms with van der Waals surface area (Å²) in [7, 11) is 3.11. The third-order valence-corrected chi connectivity index (χ3v) is 1.78. The number of aryl methyl sites for hydroxylation is 1. The van der Waals surface area contributed by atoms with Gasteiger partial charge in [-0.15, -0.1) is 0 Å². The van der Waals surface area contributed by atoms with Crippen LogP contribution in [0.2, 0.25) is 0 Å². The number of rotatable bonds is 2. The van der Waals surface area contributed by atoms with Gasteiger partial charge in [-0.25, -0.2) is 4.98 Å². The number of amides is 1. The Kier molecular flexibility index (Phi) is 2.85. The van der Waals surface area contributed by atoms with E-state index < -0.39 is 0 Å². The highest BCUT2D eigenvalue weighted by molar-refractivity contribution is 5.96. The molecule has 0 aliphatic heterocycles. The fraction of sp³-hybridized carbons (Fsp3) is 0.375. The van der Waals surface area contributed by atoms with Crippen molar-refractivity contribution in [3.63, 3.8) is 0 Å². The highest BCUT2D eigenvalue weighted by atomic mass is 16.2. The Bertz CT molecular complexity index is 410. The average Bonchev–Trinajstić information content (AvgIpc) is 2.20. The smallest absolute Gasteiger partial charge is 0.273 e. The lowest BCUT2D eigenvalue weighted by atomic mass is 10.3. The molecule has 76 valence electrons. The number of anilines is 1. The van der Waals surface area contributed by atoms with Crippen LogP contribution in [-0.2, 0) is 0 Å². The van der Waals surface area contributed by atoms with Crippen LogP contribution in [0.3, 0.4) is 0 Å². The Morgan fingerprint density at radius 3 is 2.57 bits per heavy atom. The molecule has 0 atom stereocenters. The monoisotopic (exact) mass is 196 g/mol. The van der Waals surface area contributed by atoms with Crippen molar-refractivity contribution in [1.29, 1.82) is 0 Å². The number of hydrogen-bond donors (Lipinski definition) is 3. The van der Waals surface area contributed by atoms with Gasteiger partial charge < -0.3 is 15.6 Å². The van der Waals surface area contributed by atoms with Crippen molar-refractivity contribution < 1.29 is 4.79 Å². The number of aromatic nitrogens is 2. The second kappa shape index (κ2) is 3.91. The third kappa shape index (κ3) is 1.73. The van der Waals surface area contributed by atoms with Crippen molar-refractivity contribution in [2.75, 3.05) is 19.4 Å². The van der Waals surface area contributed by atoms with Gasteiger partial charge in [0.15, 0.2) is 5.69 Å². The van der Waals surface area contributed by atoms with Crippen molar-refractivity contribution >= 4 is 11.7 Å². The Morgan fingerprint density at radius 2 is 2.07 bits per heavy atom. The molecule has 0 spiro atoms. The van der Waals surface area contributed by atoms with Crippen LogP contribution in [0.15, 0.2) is 4.79 Å². The zero-order valence-corrected chi connectivity index (χ0v) is 8.26. The lowest BCUT2D eigenvalue weighted by Gasteiger charge is -2.06. The molecular formula is C8H12N4O2. The second-order valence-corrected chi connectivity index (χ2v) is 2.70. The molecule has 1 amide bonds. The number of nitrogens with zero attached hydrogens (tertiary/aromatic N) is 1. The minimum Gasteiger partial charge on any atom is -0.373 e. The molecule has 0 unspecified atom stereocenters. The van der Waals surface area contributed by atoms with Crippen LogP contribution in [0.5, 0.6) is 0 Å². The molecule has 14 heavy (non-hydrogen) atoms. The molecule has 1 aromatic heterocycles. The number of nitrogens with one attached hydrogen (secondary N) is 3. The molecule has 0 aliphatic carbocycles. The first-order valence-corrected chi connectivity index (χ1v) is 4.11. The van der Waals surface area contributed by atoms with Crippen LogP contribution in [0.4, 0.5) is 5.82 Å². The Morgan fingerprint density at radius 1 is 1.43 bits per heavy atom. The van der Waals surface area contributed by atoms with Gasteiger partial charge >= 0.3 is 0 Å². The predicted molar refractivity (Wildman–Crippen MR) is 52.5 cm³/mol. The zero-order valence-electron chi connectivity index (χ0n) is 8.26. The van der Waals surface area contributed by atoms with Crippen LogP contribution < -0.4 is 16.2 Å². The van der Waals surface area contributed by atoms with E-state index in [0.29, 0.717) is 5.82 Å². The fourth-order valence-corrected chi connectivity index (χ4v) is 1.00. The van der Waals surface area contributed by atoms with Gasteiger partial charge in [-0.2, -0.15) is 0 Å². The van der Waals surface area contributed by atoms with Crippen LogP contribution in [0.1, 0.15) is 16.2 Å². The van der Waals surface area contributed by atoms with Gasteiger partial charge in [0, 0.05) is 14.1 Å². The van der Waals surface area contributed by atoms with E-state index in [-0.39, 0.29) is 22.9 Å². The number of H-pyrrole nitrogens is 1. The molecule has 0 aromatic carbocycles. The van der Waals surface area contributed by atoms with E-state index in [9.17, 15) is 9.59 Å². The van der Waals surface area contributed by atoms with Crippen molar-refractivity contribution in [3.05, 3.63) is 21.7 Å². The zero-order chi connectivity index (χ0) is 10.7. The topological polar surface area (TPSA) is 86.9 Å². The quantitative estimate of drug-likeness (QED) is 0.594. The summed E-state index contributed by atoms with van der Waals surface area (Å²) in [5, 5.41) is 5.14. The van der Waals surface area contributed by atoms with E-state index in [4.69, 9.17) is 0 Å². The predicted octanol–water partition coefficient (Wildman–Crippen LogP) is -0.520. The van der Waals surface area contributed by atoms with Gasteiger partial charge in [-0.05, 0) is 6.92 Å². The van der Waals surface area contributed by atoms with E-state index >= 15 is 0 Å². The Balaban J connectivity index is 3.34. The molecule has 1 rings (SSSR count). The highest BCUT2D eigenvalue weighted by Gasteiger charge is 2.13. The number of hydrogen-bond acceptors (Lipinski definition) is 4. The van der Waals surface area contributed by atoms with Gasteiger partial charge in [0.1, 0.15) is 11.5 Å². The molecular weight excluding hydrogens is 184 g/mol. The largest absolute Gasteiger partial charge is 0.373 e. The summed E-state index contributed by atoms with van der Waals surface area (Å²) in [5.74, 6) is -0.0198. The van der Waals surface area contributed by atoms with Crippen LogP contribution >= 0.6 is 0 Å². The van der Waals surface area contributed by atoms with Gasteiger partial charge in [0.05, 0.1) is 0 Å². The lowest BCUT2D eigenvalue weighted by Crippen LogP contribution is -2.25. The van der Waals surface area contributed by atoms with E-state index in [1.807, 2.05) is 0 Å². The van der Waals surface area contributed by atoms with E-state index in [2.05, 4.69) is 20.6 Å². The summed E-state index contributed by atoms with van der Waals surface area (Å²) in [5.41, 5.74) is 0.150. The lowest BCUT2D eigenvalue weighted by molar-refractivity contribution is 0.0958. The SMILES string of the molecule is CNC(=O)c1nc(C)c(=O)[nH]c1NC. The van der Waals surface area contributed by atoms with Crippen molar-refractivity contribution in [2.45, 2.75) is 6.92 Å². The summed E-state index contributed by atoms with van der Waals surface area (Å²) >= 11 is 0. The van der Waals surface area contributed by atoms with E-state index in [1.54, 1.807) is 14.0 Å². The summed E-state index contributed by atoms with van der Waals surface area (Å²) in [6.07, 6.45) is 0. The van der Waals surface area contributed by atoms with Crippen molar-refractivity contribution in [2.24, 2.45) is 0 Å². The number of carbonyl (C=O) groups excluding carboxylic acids is 1. The maximum Gasteiger partial charge on any atom is 0.273 e. The minimum absolute atomic E-state index is 0.187. The maximum atomic E-state index is 11.3. The summed E-state index contributed by atoms with van der Waals surface area (Å²) in [4.78, 5) is 28.9. The summed E-state index contributed by atoms with van der Waals surface area (Å²) in [6.45, 7) is 1.55. The molecule has 3 N–H and O–H groups in total. The van der Waals surface area contributed by atoms with Crippen molar-refractivity contribution in [1.82, 2.24) is 15.3 Å². The number of carbonyl (C=O) groups is 1. The van der Waals surface area contributed by atoms with Gasteiger partial charge in [0.2, 0.25) is 0 Å². The molecule has 0 saturated carbocycles. The first kappa shape index (κ1) is 10.2. The fourth-order valence-electron chi connectivity index (χ4n) is 1.00. The van der Waals surface area contributed by atoms with Crippen molar-refractivity contribution in [3.8, 4) is 0 Å². The molecule has 0 radical (unpaired) electrons. The molecule has 1 heterocycles. The van der Waals surface area contributed by atoms with E-state index in [1.165, 1.54) is 7.05 Å². The molecule has 0 bridgehead atoms. The van der Waals surface area contributed by atoms with Crippen LogP contribution in [-0.4, -0.2) is 30.0 Å². The molecule has 0 aliphatic rings. The number of aromatic amines is 1. The van der Waals surface area contributed by atoms with Crippen LogP contribution in [0, 0.1) is 6.92 Å². The Labute approximate surface area is 80.8 Å². The highest BCUT2D eigenvalue weighted by Crippen LogP contribution is 2.05. The first-order chi connectivity index (χ1) is 6.60. The Hall–Kier alpha value is -1.85. The standard InChI is InChI=1S/C8H12N4O2/c1-4-7(13)12-6(9-2)5(11-4)8(14)10-3/h1-3H3,(H,10,14)(H2,9,12,13). The summed E-state index contributed by atoms with van der Waals surface area (Å²) < 4.78 is 0. The summed E-state index contributed by atoms with van der Waals surface area (Å²) in [6, 6.07) is 0. The molecule has 6 heteroatoms. The molecule has 6 nitrogen and oxygen atoms in total. The maximum absolute atomic E-state index is 11.3. The normalized spacial score (nSPS) is 9.64. The average molecular weight is 196 g/mol. The minimum atomic E-state index is -0.339. The van der Waals surface area contributed by atoms with E-state index in [0.717, 1.165) is 0 Å². The molecule has 0 fully saturated rings.